The maximum Gasteiger partial charge on any atom is 0.344 e. The van der Waals surface area contributed by atoms with Crippen LogP contribution < -0.4 is 4.74 Å². The molecule has 1 aliphatic heterocycles. The molecule has 2 heterocycles. The van der Waals surface area contributed by atoms with Crippen molar-refractivity contribution in [1.82, 2.24) is 4.98 Å². The van der Waals surface area contributed by atoms with Crippen LogP contribution in [0.1, 0.15) is 41.3 Å². The minimum Gasteiger partial charge on any atom is -0.489 e. The van der Waals surface area contributed by atoms with Gasteiger partial charge in [-0.3, -0.25) is 4.98 Å². The minimum atomic E-state index is -0.293. The largest absolute Gasteiger partial charge is 0.489 e. The number of carbonyl (C=O) groups is 1. The highest BCUT2D eigenvalue weighted by atomic mass is 16.5. The summed E-state index contributed by atoms with van der Waals surface area (Å²) in [6.45, 7) is 2.55. The second-order valence-electron chi connectivity index (χ2n) is 5.10. The number of carbonyl (C=O) groups excluding carboxylic acids is 1. The molecule has 4 heteroatoms. The van der Waals surface area contributed by atoms with Gasteiger partial charge in [0.1, 0.15) is 18.1 Å². The van der Waals surface area contributed by atoms with Crippen LogP contribution in [-0.4, -0.2) is 11.0 Å². The SMILES string of the molecule is CCC/C=C1\OC(=O)c2ccc(OCc3ccncc3)cc21. The molecule has 2 aromatic rings. The molecule has 1 aliphatic rings. The molecule has 0 saturated carbocycles. The third kappa shape index (κ3) is 3.01. The van der Waals surface area contributed by atoms with Crippen molar-refractivity contribution in [3.05, 3.63) is 65.5 Å². The lowest BCUT2D eigenvalue weighted by molar-refractivity contribution is 0.0715. The highest BCUT2D eigenvalue weighted by Gasteiger charge is 2.26. The monoisotopic (exact) mass is 295 g/mol. The number of nitrogens with zero attached hydrogens (tertiary/aromatic N) is 1. The van der Waals surface area contributed by atoms with Crippen molar-refractivity contribution in [2.24, 2.45) is 0 Å². The summed E-state index contributed by atoms with van der Waals surface area (Å²) in [7, 11) is 0. The number of hydrogen-bond donors (Lipinski definition) is 0. The van der Waals surface area contributed by atoms with Crippen molar-refractivity contribution in [3.63, 3.8) is 0 Å². The Labute approximate surface area is 129 Å². The number of benzene rings is 1. The average Bonchev–Trinajstić information content (AvgIpc) is 2.88. The lowest BCUT2D eigenvalue weighted by Crippen LogP contribution is -1.97. The Balaban J connectivity index is 1.79. The quantitative estimate of drug-likeness (QED) is 0.783. The van der Waals surface area contributed by atoms with Crippen LogP contribution in [-0.2, 0) is 11.3 Å². The lowest BCUT2D eigenvalue weighted by Gasteiger charge is -2.07. The van der Waals surface area contributed by atoms with E-state index < -0.39 is 0 Å². The normalized spacial score (nSPS) is 14.8. The second kappa shape index (κ2) is 6.43. The number of hydrogen-bond acceptors (Lipinski definition) is 4. The van der Waals surface area contributed by atoms with Crippen molar-refractivity contribution in [3.8, 4) is 5.75 Å². The fraction of sp³-hybridized carbons (Fsp3) is 0.222. The van der Waals surface area contributed by atoms with Gasteiger partial charge in [0.15, 0.2) is 0 Å². The van der Waals surface area contributed by atoms with Gasteiger partial charge >= 0.3 is 5.97 Å². The first-order valence-corrected chi connectivity index (χ1v) is 7.36. The average molecular weight is 295 g/mol. The number of ether oxygens (including phenoxy) is 2. The zero-order valence-corrected chi connectivity index (χ0v) is 12.4. The number of aromatic nitrogens is 1. The van der Waals surface area contributed by atoms with Crippen LogP contribution >= 0.6 is 0 Å². The van der Waals surface area contributed by atoms with Crippen molar-refractivity contribution in [2.45, 2.75) is 26.4 Å². The summed E-state index contributed by atoms with van der Waals surface area (Å²) >= 11 is 0. The Morgan fingerprint density at radius 2 is 2.00 bits per heavy atom. The molecule has 0 bridgehead atoms. The molecule has 0 spiro atoms. The van der Waals surface area contributed by atoms with Crippen molar-refractivity contribution >= 4 is 11.7 Å². The summed E-state index contributed by atoms with van der Waals surface area (Å²) in [5, 5.41) is 0. The number of unbranched alkanes of at least 4 members (excludes halogenated alkanes) is 1. The third-order valence-corrected chi connectivity index (χ3v) is 3.45. The van der Waals surface area contributed by atoms with E-state index in [4.69, 9.17) is 9.47 Å². The van der Waals surface area contributed by atoms with Crippen LogP contribution in [0.3, 0.4) is 0 Å². The van der Waals surface area contributed by atoms with E-state index in [1.807, 2.05) is 24.3 Å². The summed E-state index contributed by atoms with van der Waals surface area (Å²) in [5.74, 6) is 1.06. The number of pyridine rings is 1. The Hall–Kier alpha value is -2.62. The molecule has 1 aromatic carbocycles. The molecule has 0 saturated heterocycles. The summed E-state index contributed by atoms with van der Waals surface area (Å²) in [6.07, 6.45) is 7.31. The number of cyclic esters (lactones) is 1. The third-order valence-electron chi connectivity index (χ3n) is 3.45. The number of rotatable bonds is 5. The standard InChI is InChI=1S/C18H17NO3/c1-2-3-4-17-16-11-14(5-6-15(16)18(20)22-17)21-12-13-7-9-19-10-8-13/h4-11H,2-3,12H2,1H3/b17-4-. The van der Waals surface area contributed by atoms with Gasteiger partial charge in [-0.05, 0) is 48.4 Å². The number of esters is 1. The van der Waals surface area contributed by atoms with Gasteiger partial charge in [-0.2, -0.15) is 0 Å². The molecule has 1 aromatic heterocycles. The highest BCUT2D eigenvalue weighted by molar-refractivity contribution is 6.03. The lowest BCUT2D eigenvalue weighted by atomic mass is 10.1. The fourth-order valence-corrected chi connectivity index (χ4v) is 2.28. The van der Waals surface area contributed by atoms with E-state index in [-0.39, 0.29) is 5.97 Å². The van der Waals surface area contributed by atoms with E-state index >= 15 is 0 Å². The van der Waals surface area contributed by atoms with E-state index in [0.29, 0.717) is 17.9 Å². The maximum atomic E-state index is 11.8. The van der Waals surface area contributed by atoms with Crippen LogP contribution in [0.15, 0.2) is 48.8 Å². The molecular weight excluding hydrogens is 278 g/mol. The van der Waals surface area contributed by atoms with Crippen molar-refractivity contribution in [2.75, 3.05) is 0 Å². The molecule has 0 N–H and O–H groups in total. The van der Waals surface area contributed by atoms with E-state index in [2.05, 4.69) is 11.9 Å². The van der Waals surface area contributed by atoms with Crippen LogP contribution in [0.25, 0.3) is 5.76 Å². The first-order chi connectivity index (χ1) is 10.8. The highest BCUT2D eigenvalue weighted by Crippen LogP contribution is 2.33. The molecule has 112 valence electrons. The van der Waals surface area contributed by atoms with E-state index in [0.717, 1.165) is 29.7 Å². The van der Waals surface area contributed by atoms with Crippen LogP contribution in [0.4, 0.5) is 0 Å². The summed E-state index contributed by atoms with van der Waals surface area (Å²) in [5.41, 5.74) is 2.45. The van der Waals surface area contributed by atoms with Crippen LogP contribution in [0.5, 0.6) is 5.75 Å². The second-order valence-corrected chi connectivity index (χ2v) is 5.10. The molecule has 0 atom stereocenters. The molecule has 0 amide bonds. The smallest absolute Gasteiger partial charge is 0.344 e. The molecule has 0 unspecified atom stereocenters. The van der Waals surface area contributed by atoms with E-state index in [1.54, 1.807) is 24.5 Å². The molecule has 4 nitrogen and oxygen atoms in total. The number of fused-ring (bicyclic) bond motifs is 1. The van der Waals surface area contributed by atoms with Gasteiger partial charge in [0.05, 0.1) is 5.56 Å². The molecule has 22 heavy (non-hydrogen) atoms. The predicted molar refractivity (Wildman–Crippen MR) is 83.3 cm³/mol. The Morgan fingerprint density at radius 1 is 1.18 bits per heavy atom. The molecule has 3 rings (SSSR count). The topological polar surface area (TPSA) is 48.4 Å². The molecular formula is C18H17NO3. The summed E-state index contributed by atoms with van der Waals surface area (Å²) in [4.78, 5) is 15.8. The zero-order chi connectivity index (χ0) is 15.4. The molecule has 0 fully saturated rings. The summed E-state index contributed by atoms with van der Waals surface area (Å²) < 4.78 is 11.1. The van der Waals surface area contributed by atoms with Gasteiger partial charge in [-0.25, -0.2) is 4.79 Å². The first-order valence-electron chi connectivity index (χ1n) is 7.36. The summed E-state index contributed by atoms with van der Waals surface area (Å²) in [6, 6.07) is 9.23. The molecule has 0 aliphatic carbocycles. The van der Waals surface area contributed by atoms with Crippen molar-refractivity contribution in [1.29, 1.82) is 0 Å². The van der Waals surface area contributed by atoms with Crippen LogP contribution in [0.2, 0.25) is 0 Å². The van der Waals surface area contributed by atoms with E-state index in [1.165, 1.54) is 0 Å². The first kappa shape index (κ1) is 14.3. The fourth-order valence-electron chi connectivity index (χ4n) is 2.28. The minimum absolute atomic E-state index is 0.293. The van der Waals surface area contributed by atoms with Gasteiger partial charge < -0.3 is 9.47 Å². The Morgan fingerprint density at radius 3 is 2.77 bits per heavy atom. The zero-order valence-electron chi connectivity index (χ0n) is 12.4. The Bertz CT molecular complexity index is 708. The maximum absolute atomic E-state index is 11.8. The number of allylic oxidation sites excluding steroid dienone is 1. The predicted octanol–water partition coefficient (Wildman–Crippen LogP) is 3.97. The van der Waals surface area contributed by atoms with Gasteiger partial charge in [-0.1, -0.05) is 13.3 Å². The van der Waals surface area contributed by atoms with Gasteiger partial charge in [0, 0.05) is 18.0 Å². The van der Waals surface area contributed by atoms with Crippen molar-refractivity contribution < 1.29 is 14.3 Å². The van der Waals surface area contributed by atoms with Gasteiger partial charge in [0.2, 0.25) is 0 Å². The van der Waals surface area contributed by atoms with Crippen LogP contribution in [0, 0.1) is 0 Å². The van der Waals surface area contributed by atoms with Gasteiger partial charge in [0.25, 0.3) is 0 Å². The Kier molecular flexibility index (Phi) is 4.19. The van der Waals surface area contributed by atoms with E-state index in [9.17, 15) is 4.79 Å². The van der Waals surface area contributed by atoms with Gasteiger partial charge in [-0.15, -0.1) is 0 Å². The molecule has 0 radical (unpaired) electrons.